The van der Waals surface area contributed by atoms with Crippen LogP contribution in [-0.2, 0) is 6.54 Å². The van der Waals surface area contributed by atoms with Crippen LogP contribution in [0.5, 0.6) is 0 Å². The second-order valence-corrected chi connectivity index (χ2v) is 3.75. The molecule has 1 heterocycles. The van der Waals surface area contributed by atoms with Crippen LogP contribution in [0.3, 0.4) is 0 Å². The number of anilines is 1. The Labute approximate surface area is 108 Å². The number of hydrogen-bond donors (Lipinski definition) is 3. The summed E-state index contributed by atoms with van der Waals surface area (Å²) in [6.07, 6.45) is 2.71. The summed E-state index contributed by atoms with van der Waals surface area (Å²) in [6, 6.07) is 5.99. The minimum atomic E-state index is -0.408. The van der Waals surface area contributed by atoms with Gasteiger partial charge in [0.15, 0.2) is 5.82 Å². The molecule has 1 aromatic heterocycles. The number of benzene rings is 1. The molecule has 4 N–H and O–H groups in total. The SMILES string of the molecule is NNc1cncc(C(=O)NCc2cccc(F)c2)n1. The van der Waals surface area contributed by atoms with Gasteiger partial charge in [-0.2, -0.15) is 0 Å². The van der Waals surface area contributed by atoms with E-state index in [2.05, 4.69) is 20.7 Å². The van der Waals surface area contributed by atoms with E-state index in [9.17, 15) is 9.18 Å². The lowest BCUT2D eigenvalue weighted by molar-refractivity contribution is 0.0945. The van der Waals surface area contributed by atoms with Gasteiger partial charge in [-0.15, -0.1) is 0 Å². The van der Waals surface area contributed by atoms with Crippen LogP contribution in [0.25, 0.3) is 0 Å². The van der Waals surface area contributed by atoms with Gasteiger partial charge in [0.1, 0.15) is 11.5 Å². The third-order valence-corrected chi connectivity index (χ3v) is 2.36. The van der Waals surface area contributed by atoms with Crippen molar-refractivity contribution in [2.45, 2.75) is 6.54 Å². The lowest BCUT2D eigenvalue weighted by Gasteiger charge is -2.05. The quantitative estimate of drug-likeness (QED) is 0.560. The van der Waals surface area contributed by atoms with Crippen molar-refractivity contribution in [1.82, 2.24) is 15.3 Å². The fraction of sp³-hybridized carbons (Fsp3) is 0.0833. The smallest absolute Gasteiger partial charge is 0.271 e. The van der Waals surface area contributed by atoms with Crippen LogP contribution in [0.1, 0.15) is 16.1 Å². The zero-order chi connectivity index (χ0) is 13.7. The van der Waals surface area contributed by atoms with E-state index in [1.54, 1.807) is 12.1 Å². The maximum Gasteiger partial charge on any atom is 0.271 e. The average molecular weight is 261 g/mol. The summed E-state index contributed by atoms with van der Waals surface area (Å²) < 4.78 is 13.0. The van der Waals surface area contributed by atoms with E-state index < -0.39 is 5.91 Å². The number of carbonyl (C=O) groups excluding carboxylic acids is 1. The van der Waals surface area contributed by atoms with E-state index in [-0.39, 0.29) is 18.1 Å². The Morgan fingerprint density at radius 1 is 1.37 bits per heavy atom. The molecule has 2 rings (SSSR count). The first-order valence-corrected chi connectivity index (χ1v) is 5.50. The molecule has 0 spiro atoms. The Morgan fingerprint density at radius 3 is 2.95 bits per heavy atom. The van der Waals surface area contributed by atoms with Gasteiger partial charge in [0.05, 0.1) is 12.4 Å². The fourth-order valence-corrected chi connectivity index (χ4v) is 1.46. The Hall–Kier alpha value is -2.54. The predicted molar refractivity (Wildman–Crippen MR) is 67.4 cm³/mol. The summed E-state index contributed by atoms with van der Waals surface area (Å²) in [6.45, 7) is 0.207. The number of halogens is 1. The second kappa shape index (κ2) is 5.87. The summed E-state index contributed by atoms with van der Waals surface area (Å²) >= 11 is 0. The zero-order valence-corrected chi connectivity index (χ0v) is 9.93. The molecular formula is C12H12FN5O. The normalized spacial score (nSPS) is 10.0. The molecule has 0 saturated carbocycles. The van der Waals surface area contributed by atoms with Crippen LogP contribution >= 0.6 is 0 Å². The molecule has 0 bridgehead atoms. The largest absolute Gasteiger partial charge is 0.347 e. The van der Waals surface area contributed by atoms with Crippen molar-refractivity contribution < 1.29 is 9.18 Å². The molecule has 1 amide bonds. The number of carbonyl (C=O) groups is 1. The molecule has 6 nitrogen and oxygen atoms in total. The second-order valence-electron chi connectivity index (χ2n) is 3.75. The molecular weight excluding hydrogens is 249 g/mol. The number of nitrogen functional groups attached to an aromatic ring is 1. The van der Waals surface area contributed by atoms with Gasteiger partial charge in [0.2, 0.25) is 0 Å². The maximum absolute atomic E-state index is 13.0. The van der Waals surface area contributed by atoms with Crippen molar-refractivity contribution in [3.63, 3.8) is 0 Å². The van der Waals surface area contributed by atoms with Crippen LogP contribution in [0, 0.1) is 5.82 Å². The van der Waals surface area contributed by atoms with E-state index in [4.69, 9.17) is 5.84 Å². The molecule has 19 heavy (non-hydrogen) atoms. The number of nitrogens with one attached hydrogen (secondary N) is 2. The highest BCUT2D eigenvalue weighted by molar-refractivity contribution is 5.92. The van der Waals surface area contributed by atoms with Crippen molar-refractivity contribution in [1.29, 1.82) is 0 Å². The molecule has 0 fully saturated rings. The summed E-state index contributed by atoms with van der Waals surface area (Å²) in [5, 5.41) is 2.62. The maximum atomic E-state index is 13.0. The molecule has 7 heteroatoms. The van der Waals surface area contributed by atoms with Gasteiger partial charge in [-0.3, -0.25) is 9.78 Å². The highest BCUT2D eigenvalue weighted by Crippen LogP contribution is 2.04. The Morgan fingerprint density at radius 2 is 2.21 bits per heavy atom. The Bertz CT molecular complexity index is 590. The van der Waals surface area contributed by atoms with Crippen LogP contribution in [0.2, 0.25) is 0 Å². The first-order valence-electron chi connectivity index (χ1n) is 5.50. The Balaban J connectivity index is 2.01. The number of hydrogen-bond acceptors (Lipinski definition) is 5. The molecule has 0 saturated heterocycles. The van der Waals surface area contributed by atoms with Gasteiger partial charge in [-0.1, -0.05) is 12.1 Å². The van der Waals surface area contributed by atoms with E-state index in [1.807, 2.05) is 0 Å². The minimum absolute atomic E-state index is 0.131. The molecule has 0 radical (unpaired) electrons. The monoisotopic (exact) mass is 261 g/mol. The third kappa shape index (κ3) is 3.46. The van der Waals surface area contributed by atoms with Crippen molar-refractivity contribution in [2.24, 2.45) is 5.84 Å². The van der Waals surface area contributed by atoms with E-state index in [1.165, 1.54) is 24.5 Å². The van der Waals surface area contributed by atoms with Gasteiger partial charge >= 0.3 is 0 Å². The van der Waals surface area contributed by atoms with Gasteiger partial charge in [-0.25, -0.2) is 15.2 Å². The van der Waals surface area contributed by atoms with Crippen LogP contribution in [0.15, 0.2) is 36.7 Å². The van der Waals surface area contributed by atoms with Crippen molar-refractivity contribution in [3.05, 3.63) is 53.7 Å². The lowest BCUT2D eigenvalue weighted by Crippen LogP contribution is -2.24. The van der Waals surface area contributed by atoms with Gasteiger partial charge in [-0.05, 0) is 17.7 Å². The fourth-order valence-electron chi connectivity index (χ4n) is 1.46. The minimum Gasteiger partial charge on any atom is -0.347 e. The number of amides is 1. The third-order valence-electron chi connectivity index (χ3n) is 2.36. The highest BCUT2D eigenvalue weighted by atomic mass is 19.1. The van der Waals surface area contributed by atoms with Gasteiger partial charge in [0.25, 0.3) is 5.91 Å². The van der Waals surface area contributed by atoms with E-state index in [0.717, 1.165) is 0 Å². The molecule has 1 aromatic carbocycles. The summed E-state index contributed by atoms with van der Waals surface area (Å²) in [5.74, 6) is 4.71. The summed E-state index contributed by atoms with van der Waals surface area (Å²) in [7, 11) is 0. The topological polar surface area (TPSA) is 92.9 Å². The Kier molecular flexibility index (Phi) is 3.99. The van der Waals surface area contributed by atoms with Crippen LogP contribution < -0.4 is 16.6 Å². The zero-order valence-electron chi connectivity index (χ0n) is 9.93. The molecule has 0 aliphatic carbocycles. The molecule has 0 unspecified atom stereocenters. The number of nitrogens with two attached hydrogens (primary N) is 1. The predicted octanol–water partition coefficient (Wildman–Crippen LogP) is 0.831. The summed E-state index contributed by atoms with van der Waals surface area (Å²) in [4.78, 5) is 19.6. The number of nitrogens with zero attached hydrogens (tertiary/aromatic N) is 2. The first kappa shape index (κ1) is 12.9. The van der Waals surface area contributed by atoms with Crippen LogP contribution in [0.4, 0.5) is 10.2 Å². The lowest BCUT2D eigenvalue weighted by atomic mass is 10.2. The molecule has 0 aliphatic heterocycles. The first-order chi connectivity index (χ1) is 9.19. The number of aromatic nitrogens is 2. The van der Waals surface area contributed by atoms with E-state index >= 15 is 0 Å². The average Bonchev–Trinajstić information content (AvgIpc) is 2.45. The molecule has 2 aromatic rings. The number of rotatable bonds is 4. The number of hydrazine groups is 1. The van der Waals surface area contributed by atoms with Crippen molar-refractivity contribution >= 4 is 11.7 Å². The molecule has 0 aliphatic rings. The molecule has 0 atom stereocenters. The van der Waals surface area contributed by atoms with Crippen molar-refractivity contribution in [3.8, 4) is 0 Å². The van der Waals surface area contributed by atoms with E-state index in [0.29, 0.717) is 11.4 Å². The standard InChI is InChI=1S/C12H12FN5O/c13-9-3-1-2-8(4-9)5-16-12(19)10-6-15-7-11(17-10)18-14/h1-4,6-7H,5,14H2,(H,16,19)(H,17,18). The molecule has 98 valence electrons. The van der Waals surface area contributed by atoms with Gasteiger partial charge < -0.3 is 10.7 Å². The highest BCUT2D eigenvalue weighted by Gasteiger charge is 2.08. The van der Waals surface area contributed by atoms with Gasteiger partial charge in [0, 0.05) is 6.54 Å². The van der Waals surface area contributed by atoms with Crippen molar-refractivity contribution in [2.75, 3.05) is 5.43 Å². The van der Waals surface area contributed by atoms with Crippen LogP contribution in [-0.4, -0.2) is 15.9 Å². The summed E-state index contributed by atoms with van der Waals surface area (Å²) in [5.41, 5.74) is 3.09.